The fourth-order valence-corrected chi connectivity index (χ4v) is 3.66. The van der Waals surface area contributed by atoms with Crippen molar-refractivity contribution in [3.8, 4) is 0 Å². The minimum Gasteiger partial charge on any atom is -0.315 e. The van der Waals surface area contributed by atoms with E-state index in [-0.39, 0.29) is 17.6 Å². The van der Waals surface area contributed by atoms with Gasteiger partial charge in [0.25, 0.3) is 0 Å². The van der Waals surface area contributed by atoms with Gasteiger partial charge in [-0.15, -0.1) is 0 Å². The highest BCUT2D eigenvalue weighted by molar-refractivity contribution is 5.90. The van der Waals surface area contributed by atoms with E-state index >= 15 is 0 Å². The Bertz CT molecular complexity index is 542. The molecule has 2 aliphatic heterocycles. The summed E-state index contributed by atoms with van der Waals surface area (Å²) >= 11 is 0. The van der Waals surface area contributed by atoms with Gasteiger partial charge in [-0.1, -0.05) is 32.4 Å². The summed E-state index contributed by atoms with van der Waals surface area (Å²) in [5, 5.41) is 0. The summed E-state index contributed by atoms with van der Waals surface area (Å²) in [4.78, 5) is 28.2. The van der Waals surface area contributed by atoms with E-state index < -0.39 is 0 Å². The molecule has 2 heterocycles. The Labute approximate surface area is 152 Å². The molecule has 0 bridgehead atoms. The van der Waals surface area contributed by atoms with E-state index in [1.807, 2.05) is 4.90 Å². The number of allylic oxidation sites excluding steroid dienone is 3. The van der Waals surface area contributed by atoms with Gasteiger partial charge in [0.15, 0.2) is 0 Å². The minimum absolute atomic E-state index is 0.0877. The van der Waals surface area contributed by atoms with Crippen molar-refractivity contribution in [1.29, 1.82) is 0 Å². The summed E-state index contributed by atoms with van der Waals surface area (Å²) in [6.45, 7) is 12.2. The lowest BCUT2D eigenvalue weighted by atomic mass is 9.98. The Balaban J connectivity index is 2.02. The van der Waals surface area contributed by atoms with Crippen molar-refractivity contribution < 1.29 is 9.59 Å². The number of carbonyl (C=O) groups is 2. The number of carbonyl (C=O) groups excluding carboxylic acids is 2. The molecule has 0 aliphatic carbocycles. The normalized spacial score (nSPS) is 24.2. The first-order chi connectivity index (χ1) is 11.9. The van der Waals surface area contributed by atoms with Crippen molar-refractivity contribution in [2.75, 3.05) is 26.2 Å². The number of rotatable bonds is 7. The van der Waals surface area contributed by atoms with E-state index in [0.717, 1.165) is 31.0 Å². The first kappa shape index (κ1) is 19.9. The highest BCUT2D eigenvalue weighted by Gasteiger charge is 2.33. The van der Waals surface area contributed by atoms with Gasteiger partial charge in [0.05, 0.1) is 0 Å². The molecule has 0 aromatic heterocycles. The predicted octanol–water partition coefficient (Wildman–Crippen LogP) is 3.79. The minimum atomic E-state index is -0.132. The number of hydrogen-bond donors (Lipinski definition) is 0. The molecule has 25 heavy (non-hydrogen) atoms. The van der Waals surface area contributed by atoms with E-state index in [0.29, 0.717) is 13.0 Å². The Morgan fingerprint density at radius 1 is 1.16 bits per heavy atom. The molecule has 4 nitrogen and oxygen atoms in total. The van der Waals surface area contributed by atoms with Crippen molar-refractivity contribution in [2.45, 2.75) is 59.8 Å². The predicted molar refractivity (Wildman–Crippen MR) is 102 cm³/mol. The highest BCUT2D eigenvalue weighted by atomic mass is 16.2. The molecule has 0 radical (unpaired) electrons. The largest absolute Gasteiger partial charge is 0.315 e. The first-order valence-corrected chi connectivity index (χ1v) is 9.86. The third-order valence-corrected chi connectivity index (χ3v) is 5.68. The van der Waals surface area contributed by atoms with Crippen molar-refractivity contribution >= 4 is 11.7 Å². The molecule has 0 N–H and O–H groups in total. The van der Waals surface area contributed by atoms with Gasteiger partial charge in [-0.2, -0.15) is 0 Å². The molecule has 0 spiro atoms. The fourth-order valence-electron chi connectivity index (χ4n) is 3.66. The van der Waals surface area contributed by atoms with Crippen LogP contribution in [0.1, 0.15) is 59.8 Å². The molecule has 1 atom stereocenters. The van der Waals surface area contributed by atoms with Crippen LogP contribution in [0.4, 0.5) is 0 Å². The molecule has 0 aromatic carbocycles. The quantitative estimate of drug-likeness (QED) is 0.659. The second-order valence-corrected chi connectivity index (χ2v) is 7.66. The van der Waals surface area contributed by atoms with Gasteiger partial charge >= 0.3 is 0 Å². The van der Waals surface area contributed by atoms with E-state index in [2.05, 4.69) is 37.8 Å². The van der Waals surface area contributed by atoms with Crippen molar-refractivity contribution in [1.82, 2.24) is 9.80 Å². The monoisotopic (exact) mass is 346 g/mol. The van der Waals surface area contributed by atoms with Gasteiger partial charge < -0.3 is 4.90 Å². The number of hydrogen-bond acceptors (Lipinski definition) is 3. The second kappa shape index (κ2) is 9.33. The zero-order chi connectivity index (χ0) is 18.4. The van der Waals surface area contributed by atoms with E-state index in [4.69, 9.17) is 0 Å². The van der Waals surface area contributed by atoms with E-state index in [1.54, 1.807) is 6.92 Å². The average molecular weight is 347 g/mol. The van der Waals surface area contributed by atoms with Crippen LogP contribution in [0.2, 0.25) is 0 Å². The number of amides is 1. The fraction of sp³-hybridized carbons (Fsp3) is 0.714. The van der Waals surface area contributed by atoms with Crippen LogP contribution in [0, 0.1) is 11.8 Å². The lowest BCUT2D eigenvalue weighted by Gasteiger charge is -2.30. The van der Waals surface area contributed by atoms with Gasteiger partial charge in [0.1, 0.15) is 5.78 Å². The molecule has 140 valence electrons. The summed E-state index contributed by atoms with van der Waals surface area (Å²) in [7, 11) is 0. The third-order valence-electron chi connectivity index (χ3n) is 5.68. The molecule has 2 rings (SSSR count). The standard InChI is InChI=1S/C21H34N2O2/c1-5-18(14-22-11-9-16(3)10-12-22)7-8-20(6-2)23-15-19(17(4)24)13-21(23)25/h7-8,16,19H,5-6,9-15H2,1-4H3/b18-7+,20-8+. The first-order valence-electron chi connectivity index (χ1n) is 9.86. The summed E-state index contributed by atoms with van der Waals surface area (Å²) in [6.07, 6.45) is 9.10. The summed E-state index contributed by atoms with van der Waals surface area (Å²) < 4.78 is 0. The maximum absolute atomic E-state index is 12.3. The van der Waals surface area contributed by atoms with Crippen molar-refractivity contribution in [2.24, 2.45) is 11.8 Å². The number of nitrogens with zero attached hydrogens (tertiary/aromatic N) is 2. The topological polar surface area (TPSA) is 40.6 Å². The zero-order valence-electron chi connectivity index (χ0n) is 16.4. The van der Waals surface area contributed by atoms with E-state index in [9.17, 15) is 9.59 Å². The van der Waals surface area contributed by atoms with Crippen molar-refractivity contribution in [3.63, 3.8) is 0 Å². The van der Waals surface area contributed by atoms with Crippen LogP contribution in [-0.2, 0) is 9.59 Å². The van der Waals surface area contributed by atoms with Crippen LogP contribution < -0.4 is 0 Å². The smallest absolute Gasteiger partial charge is 0.227 e. The Morgan fingerprint density at radius 3 is 2.36 bits per heavy atom. The van der Waals surface area contributed by atoms with Crippen LogP contribution in [0.3, 0.4) is 0 Å². The number of Topliss-reactive ketones (excluding diaryl/α,β-unsaturated/α-hetero) is 1. The third kappa shape index (κ3) is 5.53. The Hall–Kier alpha value is -1.42. The number of likely N-dealkylation sites (tertiary alicyclic amines) is 2. The van der Waals surface area contributed by atoms with Gasteiger partial charge in [0, 0.05) is 31.1 Å². The molecule has 2 saturated heterocycles. The van der Waals surface area contributed by atoms with Gasteiger partial charge in [0.2, 0.25) is 5.91 Å². The SMILES string of the molecule is CC/C(=C\C=C(/CC)N1CC(C(C)=O)CC1=O)CN1CCC(C)CC1. The molecule has 1 amide bonds. The molecule has 2 fully saturated rings. The second-order valence-electron chi connectivity index (χ2n) is 7.66. The van der Waals surface area contributed by atoms with Crippen LogP contribution >= 0.6 is 0 Å². The van der Waals surface area contributed by atoms with Gasteiger partial charge in [-0.3, -0.25) is 14.5 Å². The lowest BCUT2D eigenvalue weighted by Crippen LogP contribution is -2.34. The van der Waals surface area contributed by atoms with Crippen molar-refractivity contribution in [3.05, 3.63) is 23.4 Å². The molecule has 2 aliphatic rings. The molecular formula is C21H34N2O2. The Kier molecular flexibility index (Phi) is 7.42. The highest BCUT2D eigenvalue weighted by Crippen LogP contribution is 2.25. The van der Waals surface area contributed by atoms with Gasteiger partial charge in [-0.25, -0.2) is 0 Å². The van der Waals surface area contributed by atoms with Gasteiger partial charge in [-0.05, 0) is 57.7 Å². The maximum atomic E-state index is 12.3. The molecular weight excluding hydrogens is 312 g/mol. The zero-order valence-corrected chi connectivity index (χ0v) is 16.4. The van der Waals surface area contributed by atoms with Crippen LogP contribution in [0.15, 0.2) is 23.4 Å². The van der Waals surface area contributed by atoms with Crippen LogP contribution in [-0.4, -0.2) is 47.7 Å². The Morgan fingerprint density at radius 2 is 1.84 bits per heavy atom. The average Bonchev–Trinajstić information content (AvgIpc) is 2.98. The summed E-state index contributed by atoms with van der Waals surface area (Å²) in [6, 6.07) is 0. The molecule has 4 heteroatoms. The van der Waals surface area contributed by atoms with Crippen LogP contribution in [0.5, 0.6) is 0 Å². The van der Waals surface area contributed by atoms with Crippen LogP contribution in [0.25, 0.3) is 0 Å². The summed E-state index contributed by atoms with van der Waals surface area (Å²) in [5.74, 6) is 0.930. The maximum Gasteiger partial charge on any atom is 0.227 e. The molecule has 0 aromatic rings. The van der Waals surface area contributed by atoms with E-state index in [1.165, 1.54) is 31.5 Å². The molecule has 0 saturated carbocycles. The molecule has 1 unspecified atom stereocenters. The summed E-state index contributed by atoms with van der Waals surface area (Å²) in [5.41, 5.74) is 2.45. The number of ketones is 1. The number of piperidine rings is 1. The lowest BCUT2D eigenvalue weighted by molar-refractivity contribution is -0.127.